The summed E-state index contributed by atoms with van der Waals surface area (Å²) in [5.74, 6) is -1.29. The van der Waals surface area contributed by atoms with E-state index in [1.807, 2.05) is 37.3 Å². The summed E-state index contributed by atoms with van der Waals surface area (Å²) >= 11 is 0. The van der Waals surface area contributed by atoms with Gasteiger partial charge in [0.05, 0.1) is 5.92 Å². The number of allylic oxidation sites excluding steroid dienone is 4. The largest absolute Gasteiger partial charge is 0.481 e. The van der Waals surface area contributed by atoms with E-state index in [4.69, 9.17) is 9.26 Å². The number of carbonyl (C=O) groups is 2. The van der Waals surface area contributed by atoms with Gasteiger partial charge in [-0.2, -0.15) is 0 Å². The fourth-order valence-corrected chi connectivity index (χ4v) is 4.88. The number of aromatic nitrogens is 1. The Labute approximate surface area is 221 Å². The van der Waals surface area contributed by atoms with E-state index in [1.165, 1.54) is 6.07 Å². The van der Waals surface area contributed by atoms with Crippen molar-refractivity contribution in [2.75, 3.05) is 5.32 Å². The van der Waals surface area contributed by atoms with E-state index in [2.05, 4.69) is 17.4 Å². The molecule has 8 heteroatoms. The Balaban J connectivity index is 1.56. The maximum Gasteiger partial charge on any atom is 0.412 e. The quantitative estimate of drug-likeness (QED) is 0.335. The van der Waals surface area contributed by atoms with Gasteiger partial charge in [0.2, 0.25) is 0 Å². The summed E-state index contributed by atoms with van der Waals surface area (Å²) in [5, 5.41) is 16.1. The number of benzene rings is 2. The molecule has 0 saturated heterocycles. The van der Waals surface area contributed by atoms with Crippen molar-refractivity contribution >= 4 is 28.9 Å². The van der Waals surface area contributed by atoms with Crippen molar-refractivity contribution in [1.82, 2.24) is 5.16 Å². The number of rotatable bonds is 7. The lowest BCUT2D eigenvalue weighted by Gasteiger charge is -2.25. The first-order valence-corrected chi connectivity index (χ1v) is 12.5. The molecule has 1 aromatic heterocycles. The number of halogens is 1. The number of nitrogens with one attached hydrogen (secondary N) is 1. The van der Waals surface area contributed by atoms with E-state index < -0.39 is 29.9 Å². The molecule has 1 aliphatic carbocycles. The minimum atomic E-state index is -0.857. The number of ether oxygens (including phenoxy) is 1. The molecule has 1 aliphatic rings. The molecule has 0 radical (unpaired) electrons. The monoisotopic (exact) mass is 518 g/mol. The van der Waals surface area contributed by atoms with Gasteiger partial charge in [0.1, 0.15) is 23.3 Å². The first-order chi connectivity index (χ1) is 18.1. The molecule has 3 atom stereocenters. The molecule has 7 nitrogen and oxygen atoms in total. The van der Waals surface area contributed by atoms with Crippen molar-refractivity contribution in [1.29, 1.82) is 0 Å². The number of hydrogen-bond donors (Lipinski definition) is 2. The summed E-state index contributed by atoms with van der Waals surface area (Å²) in [6, 6.07) is 13.8. The van der Waals surface area contributed by atoms with Crippen molar-refractivity contribution in [3.63, 3.8) is 0 Å². The number of aliphatic carboxylic acids is 1. The molecule has 0 fully saturated rings. The number of nitrogens with zero attached hydrogens (tertiary/aromatic N) is 1. The Bertz CT molecular complexity index is 1420. The molecule has 1 amide bonds. The lowest BCUT2D eigenvalue weighted by atomic mass is 9.80. The minimum absolute atomic E-state index is 0.129. The van der Waals surface area contributed by atoms with Crippen molar-refractivity contribution in [2.45, 2.75) is 53.1 Å². The molecule has 2 unspecified atom stereocenters. The molecular weight excluding hydrogens is 487 g/mol. The molecule has 198 valence electrons. The highest BCUT2D eigenvalue weighted by Crippen LogP contribution is 2.42. The third-order valence-corrected chi connectivity index (χ3v) is 6.94. The molecule has 0 aliphatic heterocycles. The highest BCUT2D eigenvalue weighted by atomic mass is 19.1. The first-order valence-electron chi connectivity index (χ1n) is 12.5. The third kappa shape index (κ3) is 5.54. The number of carbonyl (C=O) groups excluding carboxylic acids is 1. The van der Waals surface area contributed by atoms with Crippen molar-refractivity contribution in [2.24, 2.45) is 5.92 Å². The van der Waals surface area contributed by atoms with Crippen LogP contribution in [-0.2, 0) is 9.53 Å². The SMILES string of the molecule is CC1=C(c2ccc(C(C)C(=O)O)cc2)C(C)CC(c2onc(C)c2NC(=O)O[C@H](C)c2ccccc2F)=C1. The van der Waals surface area contributed by atoms with Gasteiger partial charge in [0, 0.05) is 11.1 Å². The summed E-state index contributed by atoms with van der Waals surface area (Å²) in [6.45, 7) is 9.13. The lowest BCUT2D eigenvalue weighted by Crippen LogP contribution is -2.18. The molecule has 2 N–H and O–H groups in total. The van der Waals surface area contributed by atoms with Crippen LogP contribution in [0, 0.1) is 18.7 Å². The molecule has 0 spiro atoms. The average molecular weight is 519 g/mol. The molecule has 3 aromatic rings. The third-order valence-electron chi connectivity index (χ3n) is 6.94. The zero-order valence-corrected chi connectivity index (χ0v) is 22.0. The average Bonchev–Trinajstić information content (AvgIpc) is 3.23. The minimum Gasteiger partial charge on any atom is -0.481 e. The van der Waals surface area contributed by atoms with Crippen LogP contribution in [0.5, 0.6) is 0 Å². The first kappa shape index (κ1) is 26.9. The number of aryl methyl sites for hydroxylation is 1. The second-order valence-corrected chi connectivity index (χ2v) is 9.72. The summed E-state index contributed by atoms with van der Waals surface area (Å²) < 4.78 is 25.1. The zero-order chi connectivity index (χ0) is 27.6. The Morgan fingerprint density at radius 1 is 1.13 bits per heavy atom. The molecule has 2 aromatic carbocycles. The predicted octanol–water partition coefficient (Wildman–Crippen LogP) is 7.52. The maximum atomic E-state index is 14.1. The second-order valence-electron chi connectivity index (χ2n) is 9.72. The van der Waals surface area contributed by atoms with Gasteiger partial charge >= 0.3 is 12.1 Å². The molecule has 1 heterocycles. The predicted molar refractivity (Wildman–Crippen MR) is 143 cm³/mol. The number of amides is 1. The van der Waals surface area contributed by atoms with Crippen LogP contribution in [-0.4, -0.2) is 22.3 Å². The van der Waals surface area contributed by atoms with Crippen molar-refractivity contribution in [3.8, 4) is 0 Å². The van der Waals surface area contributed by atoms with Gasteiger partial charge in [0.15, 0.2) is 5.76 Å². The van der Waals surface area contributed by atoms with Gasteiger partial charge < -0.3 is 14.4 Å². The summed E-state index contributed by atoms with van der Waals surface area (Å²) in [7, 11) is 0. The number of carboxylic acids is 1. The van der Waals surface area contributed by atoms with Crippen LogP contribution in [0.25, 0.3) is 11.1 Å². The topological polar surface area (TPSA) is 102 Å². The van der Waals surface area contributed by atoms with Crippen LogP contribution < -0.4 is 5.32 Å². The maximum absolute atomic E-state index is 14.1. The van der Waals surface area contributed by atoms with Crippen LogP contribution in [0.3, 0.4) is 0 Å². The summed E-state index contributed by atoms with van der Waals surface area (Å²) in [6.07, 6.45) is 1.14. The highest BCUT2D eigenvalue weighted by molar-refractivity contribution is 5.91. The summed E-state index contributed by atoms with van der Waals surface area (Å²) in [4.78, 5) is 24.0. The smallest absolute Gasteiger partial charge is 0.412 e. The van der Waals surface area contributed by atoms with Crippen LogP contribution in [0.15, 0.2) is 64.7 Å². The highest BCUT2D eigenvalue weighted by Gasteiger charge is 2.27. The molecular formula is C30H31FN2O5. The van der Waals surface area contributed by atoms with Gasteiger partial charge in [-0.15, -0.1) is 0 Å². The molecule has 0 bridgehead atoms. The van der Waals surface area contributed by atoms with Gasteiger partial charge in [-0.1, -0.05) is 60.6 Å². The standard InChI is InChI=1S/C30H31FN2O5/c1-16-14-23(15-17(2)26(16)22-12-10-21(11-13-22)18(3)29(34)35)28-27(19(4)33-38-28)32-30(36)37-20(5)24-8-6-7-9-25(24)31/h6-14,17-18,20H,15H2,1-5H3,(H,32,36)(H,34,35)/t17?,18?,20-/m1/s1. The van der Waals surface area contributed by atoms with Crippen LogP contribution in [0.1, 0.15) is 74.3 Å². The summed E-state index contributed by atoms with van der Waals surface area (Å²) in [5.41, 5.74) is 6.06. The second kappa shape index (κ2) is 11.0. The van der Waals surface area contributed by atoms with E-state index in [0.717, 1.165) is 27.8 Å². The van der Waals surface area contributed by atoms with Crippen molar-refractivity contribution in [3.05, 3.63) is 94.1 Å². The van der Waals surface area contributed by atoms with Gasteiger partial charge in [0.25, 0.3) is 0 Å². The Hall–Kier alpha value is -4.20. The van der Waals surface area contributed by atoms with E-state index >= 15 is 0 Å². The van der Waals surface area contributed by atoms with Crippen LogP contribution in [0.2, 0.25) is 0 Å². The number of hydrogen-bond acceptors (Lipinski definition) is 5. The van der Waals surface area contributed by atoms with Gasteiger partial charge in [-0.3, -0.25) is 10.1 Å². The van der Waals surface area contributed by atoms with E-state index in [-0.39, 0.29) is 11.5 Å². The zero-order valence-electron chi connectivity index (χ0n) is 22.0. The van der Waals surface area contributed by atoms with E-state index in [1.54, 1.807) is 39.0 Å². The number of anilines is 1. The normalized spacial score (nSPS) is 17.0. The molecule has 4 rings (SSSR count). The molecule has 38 heavy (non-hydrogen) atoms. The van der Waals surface area contributed by atoms with Crippen LogP contribution >= 0.6 is 0 Å². The fourth-order valence-electron chi connectivity index (χ4n) is 4.88. The Kier molecular flexibility index (Phi) is 7.80. The van der Waals surface area contributed by atoms with Gasteiger partial charge in [-0.25, -0.2) is 9.18 Å². The Morgan fingerprint density at radius 3 is 2.45 bits per heavy atom. The van der Waals surface area contributed by atoms with E-state index in [9.17, 15) is 19.1 Å². The molecule has 0 saturated carbocycles. The van der Waals surface area contributed by atoms with Crippen LogP contribution in [0.4, 0.5) is 14.9 Å². The van der Waals surface area contributed by atoms with Crippen molar-refractivity contribution < 1.29 is 28.3 Å². The van der Waals surface area contributed by atoms with E-state index in [0.29, 0.717) is 23.6 Å². The fraction of sp³-hybridized carbons (Fsp3) is 0.300. The van der Waals surface area contributed by atoms with Gasteiger partial charge in [-0.05, 0) is 68.4 Å². The lowest BCUT2D eigenvalue weighted by molar-refractivity contribution is -0.138. The number of carboxylic acid groups (broad SMARTS) is 1. The Morgan fingerprint density at radius 2 is 1.82 bits per heavy atom.